The van der Waals surface area contributed by atoms with Crippen molar-refractivity contribution in [1.82, 2.24) is 5.32 Å². The van der Waals surface area contributed by atoms with Gasteiger partial charge in [0.15, 0.2) is 0 Å². The van der Waals surface area contributed by atoms with Crippen LogP contribution in [0.4, 0.5) is 0 Å². The molecule has 1 heterocycles. The quantitative estimate of drug-likeness (QED) is 0.739. The molecule has 2 N–H and O–H groups in total. The first-order valence-corrected chi connectivity index (χ1v) is 5.65. The van der Waals surface area contributed by atoms with Crippen LogP contribution in [0.15, 0.2) is 12.0 Å². The van der Waals surface area contributed by atoms with Crippen LogP contribution < -0.4 is 5.32 Å². The van der Waals surface area contributed by atoms with Crippen LogP contribution in [-0.4, -0.2) is 36.2 Å². The molecule has 0 aromatic heterocycles. The van der Waals surface area contributed by atoms with Gasteiger partial charge in [-0.1, -0.05) is 0 Å². The summed E-state index contributed by atoms with van der Waals surface area (Å²) in [6.07, 6.45) is 3.07. The molecule has 0 saturated heterocycles. The number of hydrogen-bond donors (Lipinski definition) is 2. The Kier molecular flexibility index (Phi) is 3.51. The Balaban J connectivity index is 1.83. The van der Waals surface area contributed by atoms with Gasteiger partial charge in [0.2, 0.25) is 5.76 Å². The number of carboxylic acid groups (broad SMARTS) is 1. The minimum atomic E-state index is -0.793. The van der Waals surface area contributed by atoms with Crippen molar-refractivity contribution in [2.24, 2.45) is 5.92 Å². The van der Waals surface area contributed by atoms with E-state index in [-0.39, 0.29) is 23.6 Å². The van der Waals surface area contributed by atoms with Crippen molar-refractivity contribution in [1.29, 1.82) is 0 Å². The molecular weight excluding hydrogens is 226 g/mol. The molecule has 1 aliphatic heterocycles. The molecule has 94 valence electrons. The van der Waals surface area contributed by atoms with Crippen molar-refractivity contribution < 1.29 is 24.2 Å². The lowest BCUT2D eigenvalue weighted by molar-refractivity contribution is -0.141. The van der Waals surface area contributed by atoms with Gasteiger partial charge in [0.1, 0.15) is 19.5 Å². The number of hydrogen-bond acceptors (Lipinski definition) is 4. The molecule has 1 saturated carbocycles. The summed E-state index contributed by atoms with van der Waals surface area (Å²) in [5, 5.41) is 11.6. The molecule has 2 aliphatic rings. The van der Waals surface area contributed by atoms with Gasteiger partial charge in [0, 0.05) is 6.04 Å². The summed E-state index contributed by atoms with van der Waals surface area (Å²) in [7, 11) is 0. The molecular formula is C11H15NO5. The van der Waals surface area contributed by atoms with Crippen molar-refractivity contribution >= 4 is 11.9 Å². The summed E-state index contributed by atoms with van der Waals surface area (Å²) in [4.78, 5) is 22.5. The Morgan fingerprint density at radius 2 is 2.18 bits per heavy atom. The lowest BCUT2D eigenvalue weighted by atomic mass is 10.1. The third-order valence-corrected chi connectivity index (χ3v) is 2.99. The minimum Gasteiger partial charge on any atom is -0.494 e. The second-order valence-electron chi connectivity index (χ2n) is 4.22. The highest BCUT2D eigenvalue weighted by atomic mass is 16.6. The Hall–Kier alpha value is -1.72. The molecule has 0 aromatic rings. The zero-order valence-electron chi connectivity index (χ0n) is 9.35. The van der Waals surface area contributed by atoms with E-state index in [9.17, 15) is 9.59 Å². The molecule has 0 radical (unpaired) electrons. The lowest BCUT2D eigenvalue weighted by Crippen LogP contribution is -2.36. The number of aliphatic carboxylic acids is 1. The Labute approximate surface area is 98.6 Å². The van der Waals surface area contributed by atoms with Crippen LogP contribution in [0.2, 0.25) is 0 Å². The highest BCUT2D eigenvalue weighted by Gasteiger charge is 2.31. The van der Waals surface area contributed by atoms with Crippen LogP contribution in [0, 0.1) is 5.92 Å². The fourth-order valence-electron chi connectivity index (χ4n) is 2.08. The predicted molar refractivity (Wildman–Crippen MR) is 56.9 cm³/mol. The normalized spacial score (nSPS) is 27.6. The molecule has 17 heavy (non-hydrogen) atoms. The van der Waals surface area contributed by atoms with E-state index in [1.807, 2.05) is 0 Å². The second kappa shape index (κ2) is 5.07. The topological polar surface area (TPSA) is 84.9 Å². The Morgan fingerprint density at radius 1 is 1.35 bits per heavy atom. The minimum absolute atomic E-state index is 0.0879. The number of ether oxygens (including phenoxy) is 2. The monoisotopic (exact) mass is 241 g/mol. The average molecular weight is 241 g/mol. The molecule has 0 bridgehead atoms. The fraction of sp³-hybridized carbons (Fsp3) is 0.636. The van der Waals surface area contributed by atoms with E-state index < -0.39 is 5.97 Å². The molecule has 0 spiro atoms. The highest BCUT2D eigenvalue weighted by Crippen LogP contribution is 2.25. The van der Waals surface area contributed by atoms with Gasteiger partial charge in [-0.3, -0.25) is 9.59 Å². The largest absolute Gasteiger partial charge is 0.494 e. The predicted octanol–water partition coefficient (Wildman–Crippen LogP) is 0.244. The van der Waals surface area contributed by atoms with Crippen molar-refractivity contribution in [2.45, 2.75) is 25.3 Å². The summed E-state index contributed by atoms with van der Waals surface area (Å²) in [5.74, 6) is -1.31. The van der Waals surface area contributed by atoms with E-state index in [1.165, 1.54) is 6.26 Å². The lowest BCUT2D eigenvalue weighted by Gasteiger charge is -2.17. The summed E-state index contributed by atoms with van der Waals surface area (Å²) in [6, 6.07) is -0.0879. The van der Waals surface area contributed by atoms with E-state index >= 15 is 0 Å². The highest BCUT2D eigenvalue weighted by molar-refractivity contribution is 5.91. The van der Waals surface area contributed by atoms with Gasteiger partial charge in [-0.15, -0.1) is 0 Å². The zero-order valence-corrected chi connectivity index (χ0v) is 9.35. The molecule has 6 nitrogen and oxygen atoms in total. The van der Waals surface area contributed by atoms with Crippen LogP contribution >= 0.6 is 0 Å². The maximum Gasteiger partial charge on any atom is 0.306 e. The van der Waals surface area contributed by atoms with Crippen molar-refractivity contribution in [2.75, 3.05) is 13.2 Å². The van der Waals surface area contributed by atoms with Gasteiger partial charge >= 0.3 is 5.97 Å². The average Bonchev–Trinajstić information content (AvgIpc) is 2.79. The third kappa shape index (κ3) is 2.89. The Morgan fingerprint density at radius 3 is 2.76 bits per heavy atom. The van der Waals surface area contributed by atoms with E-state index in [2.05, 4.69) is 5.32 Å². The maximum absolute atomic E-state index is 11.7. The molecule has 1 amide bonds. The van der Waals surface area contributed by atoms with Crippen LogP contribution in [0.1, 0.15) is 19.3 Å². The van der Waals surface area contributed by atoms with E-state index in [0.29, 0.717) is 32.5 Å². The van der Waals surface area contributed by atoms with Crippen LogP contribution in [0.3, 0.4) is 0 Å². The maximum atomic E-state index is 11.7. The van der Waals surface area contributed by atoms with Gasteiger partial charge in [-0.05, 0) is 19.3 Å². The summed E-state index contributed by atoms with van der Waals surface area (Å²) in [6.45, 7) is 0.808. The first-order chi connectivity index (χ1) is 8.16. The van der Waals surface area contributed by atoms with E-state index in [0.717, 1.165) is 0 Å². The number of nitrogens with one attached hydrogen (secondary N) is 1. The number of rotatable bonds is 3. The van der Waals surface area contributed by atoms with Crippen LogP contribution in [0.5, 0.6) is 0 Å². The molecule has 2 atom stereocenters. The van der Waals surface area contributed by atoms with Gasteiger partial charge in [-0.25, -0.2) is 0 Å². The van der Waals surface area contributed by atoms with E-state index in [1.54, 1.807) is 0 Å². The molecule has 6 heteroatoms. The smallest absolute Gasteiger partial charge is 0.306 e. The Bertz CT molecular complexity index is 352. The second-order valence-corrected chi connectivity index (χ2v) is 4.22. The zero-order chi connectivity index (χ0) is 12.3. The fourth-order valence-corrected chi connectivity index (χ4v) is 2.08. The number of carbonyl (C=O) groups is 2. The molecule has 0 unspecified atom stereocenters. The first kappa shape index (κ1) is 11.8. The SMILES string of the molecule is O=C(N[C@H]1CC[C@@H](C(=O)O)C1)C1=COCCO1. The van der Waals surface area contributed by atoms with Gasteiger partial charge < -0.3 is 19.9 Å². The third-order valence-electron chi connectivity index (χ3n) is 2.99. The van der Waals surface area contributed by atoms with Gasteiger partial charge in [0.05, 0.1) is 5.92 Å². The molecule has 1 aliphatic carbocycles. The van der Waals surface area contributed by atoms with Gasteiger partial charge in [-0.2, -0.15) is 0 Å². The number of carboxylic acids is 1. The first-order valence-electron chi connectivity index (χ1n) is 5.65. The van der Waals surface area contributed by atoms with Crippen LogP contribution in [-0.2, 0) is 19.1 Å². The van der Waals surface area contributed by atoms with E-state index in [4.69, 9.17) is 14.6 Å². The molecule has 1 fully saturated rings. The van der Waals surface area contributed by atoms with Crippen LogP contribution in [0.25, 0.3) is 0 Å². The van der Waals surface area contributed by atoms with Gasteiger partial charge in [0.25, 0.3) is 5.91 Å². The summed E-state index contributed by atoms with van der Waals surface area (Å²) in [5.41, 5.74) is 0. The standard InChI is InChI=1S/C11H15NO5/c13-10(9-6-16-3-4-17-9)12-8-2-1-7(5-8)11(14)15/h6-8H,1-5H2,(H,12,13)(H,14,15)/t7-,8+/m1/s1. The number of carbonyl (C=O) groups excluding carboxylic acids is 1. The van der Waals surface area contributed by atoms with Crippen molar-refractivity contribution in [3.63, 3.8) is 0 Å². The summed E-state index contributed by atoms with van der Waals surface area (Å²) < 4.78 is 10.1. The van der Waals surface area contributed by atoms with Crippen molar-refractivity contribution in [3.8, 4) is 0 Å². The molecule has 2 rings (SSSR count). The number of amides is 1. The van der Waals surface area contributed by atoms with Crippen molar-refractivity contribution in [3.05, 3.63) is 12.0 Å². The summed E-state index contributed by atoms with van der Waals surface area (Å²) >= 11 is 0. The molecule has 0 aromatic carbocycles.